The van der Waals surface area contributed by atoms with Gasteiger partial charge >= 0.3 is 0 Å². The molecule has 0 aromatic heterocycles. The molecule has 1 fully saturated rings. The molecule has 1 aliphatic heterocycles. The number of rotatable bonds is 6. The molecule has 0 unspecified atom stereocenters. The van der Waals surface area contributed by atoms with Gasteiger partial charge in [-0.05, 0) is 62.4 Å². The van der Waals surface area contributed by atoms with Crippen molar-refractivity contribution in [2.24, 2.45) is 0 Å². The molecule has 0 saturated carbocycles. The second kappa shape index (κ2) is 9.02. The van der Waals surface area contributed by atoms with Gasteiger partial charge in [0.25, 0.3) is 0 Å². The molecule has 2 aromatic carbocycles. The molecule has 0 aliphatic carbocycles. The Kier molecular flexibility index (Phi) is 6.47. The van der Waals surface area contributed by atoms with E-state index < -0.39 is 0 Å². The second-order valence-electron chi connectivity index (χ2n) is 7.61. The summed E-state index contributed by atoms with van der Waals surface area (Å²) in [7, 11) is 2.14. The number of anilines is 2. The first-order valence-electron chi connectivity index (χ1n) is 9.86. The zero-order valence-electron chi connectivity index (χ0n) is 17.0. The van der Waals surface area contributed by atoms with Crippen LogP contribution in [0, 0.1) is 13.8 Å². The van der Waals surface area contributed by atoms with E-state index in [-0.39, 0.29) is 24.5 Å². The number of carbonyl (C=O) groups excluding carboxylic acids is 2. The van der Waals surface area contributed by atoms with Crippen LogP contribution >= 0.6 is 0 Å². The van der Waals surface area contributed by atoms with Gasteiger partial charge in [-0.3, -0.25) is 9.59 Å². The Morgan fingerprint density at radius 3 is 2.21 bits per heavy atom. The van der Waals surface area contributed by atoms with E-state index in [0.29, 0.717) is 5.56 Å². The summed E-state index contributed by atoms with van der Waals surface area (Å²) in [6, 6.07) is 13.6. The lowest BCUT2D eigenvalue weighted by Crippen LogP contribution is -2.44. The van der Waals surface area contributed by atoms with Gasteiger partial charge in [-0.2, -0.15) is 0 Å². The van der Waals surface area contributed by atoms with Gasteiger partial charge in [0, 0.05) is 56.0 Å². The van der Waals surface area contributed by atoms with Crippen molar-refractivity contribution in [2.75, 3.05) is 43.4 Å². The summed E-state index contributed by atoms with van der Waals surface area (Å²) >= 11 is 0. The van der Waals surface area contributed by atoms with E-state index in [0.717, 1.165) is 43.0 Å². The molecule has 1 heterocycles. The maximum absolute atomic E-state index is 12.3. The van der Waals surface area contributed by atoms with Gasteiger partial charge < -0.3 is 15.1 Å². The van der Waals surface area contributed by atoms with Crippen LogP contribution in [-0.4, -0.2) is 49.8 Å². The van der Waals surface area contributed by atoms with E-state index in [2.05, 4.69) is 22.2 Å². The van der Waals surface area contributed by atoms with Crippen molar-refractivity contribution in [3.05, 3.63) is 59.2 Å². The van der Waals surface area contributed by atoms with Crippen LogP contribution in [0.3, 0.4) is 0 Å². The lowest BCUT2D eigenvalue weighted by Gasteiger charge is -2.34. The molecule has 2 aromatic rings. The van der Waals surface area contributed by atoms with E-state index in [4.69, 9.17) is 0 Å². The Morgan fingerprint density at radius 2 is 1.57 bits per heavy atom. The molecule has 28 heavy (non-hydrogen) atoms. The minimum atomic E-state index is -0.135. The molecule has 1 saturated heterocycles. The molecular formula is C23H29N3O2. The Hall–Kier alpha value is -2.66. The third kappa shape index (κ3) is 5.20. The second-order valence-corrected chi connectivity index (χ2v) is 7.61. The molecular weight excluding hydrogens is 350 g/mol. The van der Waals surface area contributed by atoms with Crippen molar-refractivity contribution in [3.8, 4) is 0 Å². The summed E-state index contributed by atoms with van der Waals surface area (Å²) < 4.78 is 0. The van der Waals surface area contributed by atoms with E-state index in [1.54, 1.807) is 0 Å². The highest BCUT2D eigenvalue weighted by Crippen LogP contribution is 2.20. The molecule has 1 N–H and O–H groups in total. The van der Waals surface area contributed by atoms with Crippen LogP contribution in [-0.2, 0) is 4.79 Å². The summed E-state index contributed by atoms with van der Waals surface area (Å²) in [5, 5.41) is 2.89. The average Bonchev–Trinajstić information content (AvgIpc) is 2.69. The van der Waals surface area contributed by atoms with E-state index >= 15 is 0 Å². The number of Topliss-reactive ketones (excluding diaryl/α,β-unsaturated/α-hetero) is 1. The normalized spacial score (nSPS) is 14.8. The van der Waals surface area contributed by atoms with Gasteiger partial charge in [0.15, 0.2) is 5.78 Å². The third-order valence-corrected chi connectivity index (χ3v) is 5.43. The smallest absolute Gasteiger partial charge is 0.224 e. The first-order chi connectivity index (χ1) is 13.4. The van der Waals surface area contributed by atoms with Crippen LogP contribution in [0.4, 0.5) is 11.4 Å². The van der Waals surface area contributed by atoms with E-state index in [9.17, 15) is 9.59 Å². The lowest BCUT2D eigenvalue weighted by molar-refractivity contribution is -0.116. The number of piperazine rings is 1. The van der Waals surface area contributed by atoms with Gasteiger partial charge in [0.05, 0.1) is 0 Å². The number of ketones is 1. The molecule has 1 amide bonds. The molecule has 5 nitrogen and oxygen atoms in total. The van der Waals surface area contributed by atoms with Crippen molar-refractivity contribution in [1.82, 2.24) is 4.90 Å². The van der Waals surface area contributed by atoms with Crippen LogP contribution in [0.15, 0.2) is 42.5 Å². The van der Waals surface area contributed by atoms with Gasteiger partial charge in [-0.15, -0.1) is 0 Å². The summed E-state index contributed by atoms with van der Waals surface area (Å²) in [4.78, 5) is 29.2. The number of nitrogens with zero attached hydrogens (tertiary/aromatic N) is 2. The first kappa shape index (κ1) is 20.1. The maximum Gasteiger partial charge on any atom is 0.224 e. The Bertz CT molecular complexity index is 837. The number of hydrogen-bond donors (Lipinski definition) is 1. The molecule has 0 radical (unpaired) electrons. The predicted octanol–water partition coefficient (Wildman–Crippen LogP) is 3.66. The minimum absolute atomic E-state index is 0.00339. The standard InChI is InChI=1S/C23H29N3O2/c1-17-4-5-19(16-18(17)2)22(27)10-11-23(28)24-20-6-8-21(9-7-20)26-14-12-25(3)13-15-26/h4-9,16H,10-15H2,1-3H3,(H,24,28). The fourth-order valence-electron chi connectivity index (χ4n) is 3.33. The minimum Gasteiger partial charge on any atom is -0.369 e. The highest BCUT2D eigenvalue weighted by atomic mass is 16.2. The topological polar surface area (TPSA) is 52.7 Å². The van der Waals surface area contributed by atoms with Crippen LogP contribution in [0.25, 0.3) is 0 Å². The molecule has 3 rings (SSSR count). The molecule has 0 bridgehead atoms. The Labute approximate surface area is 167 Å². The van der Waals surface area contributed by atoms with E-state index in [1.807, 2.05) is 56.3 Å². The van der Waals surface area contributed by atoms with Crippen LogP contribution in [0.5, 0.6) is 0 Å². The fourth-order valence-corrected chi connectivity index (χ4v) is 3.33. The molecule has 148 valence electrons. The lowest BCUT2D eigenvalue weighted by atomic mass is 10.0. The van der Waals surface area contributed by atoms with Crippen LogP contribution in [0.1, 0.15) is 34.3 Å². The summed E-state index contributed by atoms with van der Waals surface area (Å²) in [5.74, 6) is -0.131. The van der Waals surface area contributed by atoms with Crippen molar-refractivity contribution in [2.45, 2.75) is 26.7 Å². The number of aryl methyl sites for hydroxylation is 2. The zero-order valence-corrected chi connectivity index (χ0v) is 17.0. The molecule has 5 heteroatoms. The number of likely N-dealkylation sites (N-methyl/N-ethyl adjacent to an activating group) is 1. The highest BCUT2D eigenvalue weighted by Gasteiger charge is 2.14. The van der Waals surface area contributed by atoms with Crippen LogP contribution < -0.4 is 10.2 Å². The van der Waals surface area contributed by atoms with Gasteiger partial charge in [-0.1, -0.05) is 12.1 Å². The molecule has 0 spiro atoms. The number of hydrogen-bond acceptors (Lipinski definition) is 4. The first-order valence-corrected chi connectivity index (χ1v) is 9.86. The maximum atomic E-state index is 12.3. The fraction of sp³-hybridized carbons (Fsp3) is 0.391. The predicted molar refractivity (Wildman–Crippen MR) is 114 cm³/mol. The zero-order chi connectivity index (χ0) is 20.1. The SMILES string of the molecule is Cc1ccc(C(=O)CCC(=O)Nc2ccc(N3CCN(C)CC3)cc2)cc1C. The number of carbonyl (C=O) groups is 2. The number of nitrogens with one attached hydrogen (secondary N) is 1. The van der Waals surface area contributed by atoms with E-state index in [1.165, 1.54) is 5.69 Å². The number of benzene rings is 2. The van der Waals surface area contributed by atoms with Gasteiger partial charge in [0.1, 0.15) is 0 Å². The Morgan fingerprint density at radius 1 is 0.893 bits per heavy atom. The molecule has 1 aliphatic rings. The Balaban J connectivity index is 1.49. The number of amides is 1. The summed E-state index contributed by atoms with van der Waals surface area (Å²) in [6.45, 7) is 8.17. The van der Waals surface area contributed by atoms with Gasteiger partial charge in [0.2, 0.25) is 5.91 Å². The van der Waals surface area contributed by atoms with Crippen molar-refractivity contribution < 1.29 is 9.59 Å². The van der Waals surface area contributed by atoms with Crippen molar-refractivity contribution >= 4 is 23.1 Å². The van der Waals surface area contributed by atoms with Crippen molar-refractivity contribution in [3.63, 3.8) is 0 Å². The average molecular weight is 380 g/mol. The molecule has 0 atom stereocenters. The largest absolute Gasteiger partial charge is 0.369 e. The monoisotopic (exact) mass is 379 g/mol. The summed E-state index contributed by atoms with van der Waals surface area (Å²) in [6.07, 6.45) is 0.402. The third-order valence-electron chi connectivity index (χ3n) is 5.43. The summed E-state index contributed by atoms with van der Waals surface area (Å²) in [5.41, 5.74) is 4.87. The van der Waals surface area contributed by atoms with Gasteiger partial charge in [-0.25, -0.2) is 0 Å². The van der Waals surface area contributed by atoms with Crippen molar-refractivity contribution in [1.29, 1.82) is 0 Å². The van der Waals surface area contributed by atoms with Crippen LogP contribution in [0.2, 0.25) is 0 Å². The quantitative estimate of drug-likeness (QED) is 0.779. The highest BCUT2D eigenvalue weighted by molar-refractivity contribution is 6.00.